The molecule has 0 saturated heterocycles. The van der Waals surface area contributed by atoms with Crippen molar-refractivity contribution >= 4 is 17.6 Å². The Morgan fingerprint density at radius 1 is 1.19 bits per heavy atom. The smallest absolute Gasteiger partial charge is 0.304 e. The predicted octanol–water partition coefficient (Wildman–Crippen LogP) is 2.43. The number of hydrogen-bond donors (Lipinski definition) is 2. The molecule has 0 aromatic heterocycles. The summed E-state index contributed by atoms with van der Waals surface area (Å²) in [6.45, 7) is 8.43. The lowest BCUT2D eigenvalue weighted by molar-refractivity contribution is -0.137. The van der Waals surface area contributed by atoms with Gasteiger partial charge in [-0.1, -0.05) is 6.07 Å². The summed E-state index contributed by atoms with van der Waals surface area (Å²) in [5.41, 5.74) is 2.97. The molecule has 1 aromatic rings. The first-order chi connectivity index (χ1) is 9.77. The van der Waals surface area contributed by atoms with Crippen molar-refractivity contribution in [2.75, 3.05) is 18.4 Å². The van der Waals surface area contributed by atoms with Gasteiger partial charge in [-0.15, -0.1) is 0 Å². The summed E-state index contributed by atoms with van der Waals surface area (Å²) in [5, 5.41) is 11.6. The van der Waals surface area contributed by atoms with Gasteiger partial charge in [0.25, 0.3) is 0 Å². The molecule has 0 heterocycles. The highest BCUT2D eigenvalue weighted by Gasteiger charge is 2.15. The van der Waals surface area contributed by atoms with Crippen LogP contribution >= 0.6 is 0 Å². The fourth-order valence-corrected chi connectivity index (χ4v) is 2.19. The number of carbonyl (C=O) groups is 2. The first-order valence-corrected chi connectivity index (χ1v) is 7.12. The average molecular weight is 292 g/mol. The number of hydrogen-bond acceptors (Lipinski definition) is 3. The number of anilines is 1. The van der Waals surface area contributed by atoms with Crippen LogP contribution in [0.5, 0.6) is 0 Å². The third kappa shape index (κ3) is 6.40. The molecule has 0 bridgehead atoms. The highest BCUT2D eigenvalue weighted by Crippen LogP contribution is 2.14. The van der Waals surface area contributed by atoms with E-state index < -0.39 is 5.97 Å². The molecule has 0 atom stereocenters. The maximum atomic E-state index is 12.1. The molecule has 1 aromatic carbocycles. The number of carboxylic acids is 1. The molecule has 0 aliphatic heterocycles. The van der Waals surface area contributed by atoms with Crippen molar-refractivity contribution in [3.8, 4) is 0 Å². The minimum Gasteiger partial charge on any atom is -0.481 e. The first kappa shape index (κ1) is 17.2. The van der Waals surface area contributed by atoms with Gasteiger partial charge in [-0.25, -0.2) is 0 Å². The highest BCUT2D eigenvalue weighted by molar-refractivity contribution is 5.92. The van der Waals surface area contributed by atoms with Crippen LogP contribution in [0.1, 0.15) is 31.4 Å². The third-order valence-electron chi connectivity index (χ3n) is 3.20. The van der Waals surface area contributed by atoms with Gasteiger partial charge in [-0.2, -0.15) is 0 Å². The van der Waals surface area contributed by atoms with Gasteiger partial charge >= 0.3 is 5.97 Å². The Labute approximate surface area is 126 Å². The van der Waals surface area contributed by atoms with E-state index in [1.165, 1.54) is 0 Å². The highest BCUT2D eigenvalue weighted by atomic mass is 16.4. The van der Waals surface area contributed by atoms with Crippen LogP contribution in [0.4, 0.5) is 5.69 Å². The number of amides is 1. The Hall–Kier alpha value is -1.88. The lowest BCUT2D eigenvalue weighted by Gasteiger charge is -2.25. The second-order valence-electron chi connectivity index (χ2n) is 5.63. The number of carboxylic acid groups (broad SMARTS) is 1. The van der Waals surface area contributed by atoms with Crippen LogP contribution in [0.2, 0.25) is 0 Å². The van der Waals surface area contributed by atoms with Gasteiger partial charge in [0.2, 0.25) is 5.91 Å². The molecule has 2 N–H and O–H groups in total. The molecule has 0 aliphatic rings. The lowest BCUT2D eigenvalue weighted by Crippen LogP contribution is -2.39. The van der Waals surface area contributed by atoms with E-state index in [4.69, 9.17) is 5.11 Å². The monoisotopic (exact) mass is 292 g/mol. The van der Waals surface area contributed by atoms with Gasteiger partial charge in [-0.05, 0) is 51.0 Å². The molecule has 5 nitrogen and oxygen atoms in total. The first-order valence-electron chi connectivity index (χ1n) is 7.12. The van der Waals surface area contributed by atoms with Crippen molar-refractivity contribution in [2.45, 2.75) is 40.2 Å². The number of nitrogens with one attached hydrogen (secondary N) is 1. The van der Waals surface area contributed by atoms with Crippen LogP contribution in [0.25, 0.3) is 0 Å². The Kier molecular flexibility index (Phi) is 6.37. The van der Waals surface area contributed by atoms with Crippen LogP contribution in [0, 0.1) is 13.8 Å². The fourth-order valence-electron chi connectivity index (χ4n) is 2.19. The second-order valence-corrected chi connectivity index (χ2v) is 5.63. The summed E-state index contributed by atoms with van der Waals surface area (Å²) >= 11 is 0. The number of nitrogens with zero attached hydrogens (tertiary/aromatic N) is 1. The lowest BCUT2D eigenvalue weighted by atomic mass is 10.1. The molecule has 0 spiro atoms. The maximum absolute atomic E-state index is 12.1. The number of carbonyl (C=O) groups excluding carboxylic acids is 1. The summed E-state index contributed by atoms with van der Waals surface area (Å²) in [6, 6.07) is 6.00. The van der Waals surface area contributed by atoms with E-state index in [9.17, 15) is 9.59 Å². The summed E-state index contributed by atoms with van der Waals surface area (Å²) in [4.78, 5) is 24.6. The summed E-state index contributed by atoms with van der Waals surface area (Å²) < 4.78 is 0. The molecule has 0 saturated carbocycles. The van der Waals surface area contributed by atoms with Crippen LogP contribution < -0.4 is 5.32 Å². The molecule has 0 radical (unpaired) electrons. The van der Waals surface area contributed by atoms with Crippen LogP contribution in [0.15, 0.2) is 18.2 Å². The zero-order valence-corrected chi connectivity index (χ0v) is 13.1. The van der Waals surface area contributed by atoms with Gasteiger partial charge in [0.05, 0.1) is 13.0 Å². The number of benzene rings is 1. The topological polar surface area (TPSA) is 69.6 Å². The summed E-state index contributed by atoms with van der Waals surface area (Å²) in [7, 11) is 0. The van der Waals surface area contributed by atoms with Crippen molar-refractivity contribution in [2.24, 2.45) is 0 Å². The van der Waals surface area contributed by atoms with Crippen molar-refractivity contribution in [1.29, 1.82) is 0 Å². The molecule has 0 fully saturated rings. The molecule has 1 rings (SSSR count). The Bertz CT molecular complexity index is 492. The molecular weight excluding hydrogens is 268 g/mol. The van der Waals surface area contributed by atoms with Gasteiger partial charge in [0.15, 0.2) is 0 Å². The molecule has 5 heteroatoms. The van der Waals surface area contributed by atoms with E-state index in [1.807, 2.05) is 50.8 Å². The Morgan fingerprint density at radius 3 is 2.24 bits per heavy atom. The largest absolute Gasteiger partial charge is 0.481 e. The van der Waals surface area contributed by atoms with Crippen molar-refractivity contribution in [1.82, 2.24) is 4.90 Å². The van der Waals surface area contributed by atoms with Crippen LogP contribution in [-0.2, 0) is 9.59 Å². The van der Waals surface area contributed by atoms with Crippen molar-refractivity contribution < 1.29 is 14.7 Å². The molecule has 0 unspecified atom stereocenters. The molecule has 21 heavy (non-hydrogen) atoms. The number of rotatable bonds is 7. The minimum atomic E-state index is -0.852. The second kappa shape index (κ2) is 7.78. The van der Waals surface area contributed by atoms with Crippen molar-refractivity contribution in [3.63, 3.8) is 0 Å². The van der Waals surface area contributed by atoms with Gasteiger partial charge in [0, 0.05) is 18.3 Å². The number of aryl methyl sites for hydroxylation is 2. The van der Waals surface area contributed by atoms with Crippen LogP contribution in [-0.4, -0.2) is 41.0 Å². The average Bonchev–Trinajstić information content (AvgIpc) is 2.32. The minimum absolute atomic E-state index is 0.0367. The predicted molar refractivity (Wildman–Crippen MR) is 83.5 cm³/mol. The quantitative estimate of drug-likeness (QED) is 0.810. The molecule has 1 amide bonds. The SMILES string of the molecule is Cc1cc(C)cc(NC(=O)CN(CCC(=O)O)C(C)C)c1. The van der Waals surface area contributed by atoms with Gasteiger partial charge in [0.1, 0.15) is 0 Å². The molecule has 0 aliphatic carbocycles. The third-order valence-corrected chi connectivity index (χ3v) is 3.20. The maximum Gasteiger partial charge on any atom is 0.304 e. The van der Waals surface area contributed by atoms with E-state index in [0.717, 1.165) is 16.8 Å². The zero-order valence-electron chi connectivity index (χ0n) is 13.1. The summed E-state index contributed by atoms with van der Waals surface area (Å²) in [5.74, 6) is -0.977. The van der Waals surface area contributed by atoms with Gasteiger partial charge < -0.3 is 10.4 Å². The van der Waals surface area contributed by atoms with E-state index in [2.05, 4.69) is 5.32 Å². The van der Waals surface area contributed by atoms with Crippen molar-refractivity contribution in [3.05, 3.63) is 29.3 Å². The Morgan fingerprint density at radius 2 is 1.76 bits per heavy atom. The summed E-state index contributed by atoms with van der Waals surface area (Å²) in [6.07, 6.45) is 0.0367. The van der Waals surface area contributed by atoms with E-state index in [0.29, 0.717) is 6.54 Å². The fraction of sp³-hybridized carbons (Fsp3) is 0.500. The standard InChI is InChI=1S/C16H24N2O3/c1-11(2)18(6-5-16(20)21)10-15(19)17-14-8-12(3)7-13(4)9-14/h7-9,11H,5-6,10H2,1-4H3,(H,17,19)(H,20,21). The molecular formula is C16H24N2O3. The Balaban J connectivity index is 2.62. The zero-order chi connectivity index (χ0) is 16.0. The van der Waals surface area contributed by atoms with E-state index in [1.54, 1.807) is 0 Å². The van der Waals surface area contributed by atoms with Crippen LogP contribution in [0.3, 0.4) is 0 Å². The number of aliphatic carboxylic acids is 1. The van der Waals surface area contributed by atoms with E-state index in [-0.39, 0.29) is 24.9 Å². The van der Waals surface area contributed by atoms with E-state index >= 15 is 0 Å². The normalized spacial score (nSPS) is 11.0. The van der Waals surface area contributed by atoms with Gasteiger partial charge in [-0.3, -0.25) is 14.5 Å². The molecule has 116 valence electrons.